The first kappa shape index (κ1) is 18.6. The molecular formula is C11H7Cl2F3IN3O2S. The lowest BCUT2D eigenvalue weighted by Crippen LogP contribution is -2.09. The fourth-order valence-electron chi connectivity index (χ4n) is 1.83. The minimum atomic E-state index is -4.63. The van der Waals surface area contributed by atoms with Crippen LogP contribution in [-0.4, -0.2) is 24.5 Å². The Bertz CT molecular complexity index is 874. The van der Waals surface area contributed by atoms with Gasteiger partial charge in [-0.05, 0) is 34.7 Å². The van der Waals surface area contributed by atoms with Crippen molar-refractivity contribution in [1.29, 1.82) is 0 Å². The molecule has 1 aromatic heterocycles. The van der Waals surface area contributed by atoms with Gasteiger partial charge in [-0.1, -0.05) is 23.2 Å². The maximum atomic E-state index is 12.7. The highest BCUT2D eigenvalue weighted by molar-refractivity contribution is 14.1. The second-order valence-electron chi connectivity index (χ2n) is 4.48. The zero-order chi connectivity index (χ0) is 17.7. The van der Waals surface area contributed by atoms with Gasteiger partial charge in [0, 0.05) is 6.26 Å². The third-order valence-electron chi connectivity index (χ3n) is 2.76. The van der Waals surface area contributed by atoms with Crippen LogP contribution in [0.5, 0.6) is 0 Å². The number of nitrogens with two attached hydrogens (primary N) is 1. The Labute approximate surface area is 152 Å². The van der Waals surface area contributed by atoms with Crippen molar-refractivity contribution in [3.8, 4) is 5.69 Å². The molecule has 23 heavy (non-hydrogen) atoms. The molecule has 0 saturated carbocycles. The largest absolute Gasteiger partial charge is 0.416 e. The van der Waals surface area contributed by atoms with Crippen molar-refractivity contribution >= 4 is 61.4 Å². The zero-order valence-electron chi connectivity index (χ0n) is 11.1. The van der Waals surface area contributed by atoms with Crippen LogP contribution in [0.3, 0.4) is 0 Å². The molecule has 0 amide bonds. The van der Waals surface area contributed by atoms with E-state index >= 15 is 0 Å². The molecule has 5 nitrogen and oxygen atoms in total. The second-order valence-corrected chi connectivity index (χ2v) is 8.26. The van der Waals surface area contributed by atoms with Crippen LogP contribution in [0, 0.1) is 3.70 Å². The summed E-state index contributed by atoms with van der Waals surface area (Å²) in [6, 6.07) is 1.33. The van der Waals surface area contributed by atoms with Crippen LogP contribution < -0.4 is 5.73 Å². The van der Waals surface area contributed by atoms with E-state index in [-0.39, 0.29) is 30.1 Å². The standard InChI is InChI=1S/C11H7Cl2F3IN3O2S/c1-23(21,22)8-9(17)19-20(10(8)18)7-5(12)2-4(3-6(7)13)11(14,15)16/h2-3H,18H2,1H3. The molecule has 2 rings (SSSR count). The van der Waals surface area contributed by atoms with Gasteiger partial charge in [0.25, 0.3) is 0 Å². The maximum absolute atomic E-state index is 12.7. The number of nitrogen functional groups attached to an aromatic ring is 1. The van der Waals surface area contributed by atoms with Gasteiger partial charge in [0.2, 0.25) is 0 Å². The smallest absolute Gasteiger partial charge is 0.382 e. The summed E-state index contributed by atoms with van der Waals surface area (Å²) in [5.74, 6) is -0.291. The SMILES string of the molecule is CS(=O)(=O)c1c(I)nn(-c2c(Cl)cc(C(F)(F)F)cc2Cl)c1N. The zero-order valence-corrected chi connectivity index (χ0v) is 15.6. The Morgan fingerprint density at radius 2 is 1.74 bits per heavy atom. The first-order valence-electron chi connectivity index (χ1n) is 5.64. The number of nitrogens with zero attached hydrogens (tertiary/aromatic N) is 2. The molecule has 12 heteroatoms. The highest BCUT2D eigenvalue weighted by Gasteiger charge is 2.33. The number of rotatable bonds is 2. The van der Waals surface area contributed by atoms with Crippen LogP contribution in [0.1, 0.15) is 5.56 Å². The monoisotopic (exact) mass is 499 g/mol. The molecule has 0 unspecified atom stereocenters. The van der Waals surface area contributed by atoms with E-state index in [9.17, 15) is 21.6 Å². The first-order valence-corrected chi connectivity index (χ1v) is 9.37. The number of halogens is 6. The van der Waals surface area contributed by atoms with Crippen molar-refractivity contribution in [2.45, 2.75) is 11.1 Å². The van der Waals surface area contributed by atoms with E-state index in [1.54, 1.807) is 22.6 Å². The van der Waals surface area contributed by atoms with Crippen molar-refractivity contribution in [1.82, 2.24) is 9.78 Å². The van der Waals surface area contributed by atoms with Gasteiger partial charge in [-0.25, -0.2) is 13.1 Å². The van der Waals surface area contributed by atoms with E-state index in [1.165, 1.54) is 0 Å². The molecule has 0 saturated heterocycles. The van der Waals surface area contributed by atoms with Crippen LogP contribution in [0.2, 0.25) is 10.0 Å². The van der Waals surface area contributed by atoms with Crippen molar-refractivity contribution in [2.24, 2.45) is 0 Å². The lowest BCUT2D eigenvalue weighted by molar-refractivity contribution is -0.137. The summed E-state index contributed by atoms with van der Waals surface area (Å²) >= 11 is 13.4. The Morgan fingerprint density at radius 3 is 2.09 bits per heavy atom. The topological polar surface area (TPSA) is 78.0 Å². The lowest BCUT2D eigenvalue weighted by atomic mass is 10.2. The summed E-state index contributed by atoms with van der Waals surface area (Å²) < 4.78 is 62.6. The third kappa shape index (κ3) is 3.54. The van der Waals surface area contributed by atoms with E-state index < -0.39 is 21.6 Å². The summed E-state index contributed by atoms with van der Waals surface area (Å²) in [5.41, 5.74) is 4.59. The molecule has 1 aromatic carbocycles. The molecule has 0 bridgehead atoms. The van der Waals surface area contributed by atoms with E-state index in [0.717, 1.165) is 10.9 Å². The Balaban J connectivity index is 2.75. The average Bonchev–Trinajstić information content (AvgIpc) is 2.62. The van der Waals surface area contributed by atoms with E-state index in [0.29, 0.717) is 12.1 Å². The number of hydrogen-bond donors (Lipinski definition) is 1. The van der Waals surface area contributed by atoms with Gasteiger partial charge < -0.3 is 5.73 Å². The van der Waals surface area contributed by atoms with Crippen molar-refractivity contribution in [2.75, 3.05) is 12.0 Å². The van der Waals surface area contributed by atoms with Gasteiger partial charge in [0.1, 0.15) is 20.1 Å². The molecule has 0 aliphatic carbocycles. The third-order valence-corrected chi connectivity index (χ3v) is 5.60. The highest BCUT2D eigenvalue weighted by atomic mass is 127. The predicted molar refractivity (Wildman–Crippen MR) is 88.8 cm³/mol. The fourth-order valence-corrected chi connectivity index (χ4v) is 4.99. The Kier molecular flexibility index (Phi) is 4.83. The summed E-state index contributed by atoms with van der Waals surface area (Å²) in [6.45, 7) is 0. The van der Waals surface area contributed by atoms with Gasteiger partial charge >= 0.3 is 6.18 Å². The summed E-state index contributed by atoms with van der Waals surface area (Å²) in [7, 11) is -3.69. The van der Waals surface area contributed by atoms with Crippen molar-refractivity contribution in [3.05, 3.63) is 31.4 Å². The van der Waals surface area contributed by atoms with Crippen LogP contribution in [0.25, 0.3) is 5.69 Å². The van der Waals surface area contributed by atoms with Gasteiger partial charge in [0.05, 0.1) is 15.6 Å². The summed E-state index contributed by atoms with van der Waals surface area (Å²) in [6.07, 6.45) is -3.70. The Hall–Kier alpha value is -0.720. The molecule has 0 radical (unpaired) electrons. The molecule has 2 aromatic rings. The number of hydrogen-bond acceptors (Lipinski definition) is 4. The van der Waals surface area contributed by atoms with Crippen LogP contribution >= 0.6 is 45.8 Å². The quantitative estimate of drug-likeness (QED) is 0.638. The van der Waals surface area contributed by atoms with Crippen LogP contribution in [0.15, 0.2) is 17.0 Å². The number of aromatic nitrogens is 2. The Morgan fingerprint density at radius 1 is 1.26 bits per heavy atom. The second kappa shape index (κ2) is 5.97. The molecule has 0 spiro atoms. The predicted octanol–water partition coefficient (Wildman–Crippen LogP) is 3.79. The normalized spacial score (nSPS) is 12.7. The molecule has 0 fully saturated rings. The summed E-state index contributed by atoms with van der Waals surface area (Å²) in [5, 5.41) is 3.18. The van der Waals surface area contributed by atoms with Crippen molar-refractivity contribution in [3.63, 3.8) is 0 Å². The minimum Gasteiger partial charge on any atom is -0.382 e. The lowest BCUT2D eigenvalue weighted by Gasteiger charge is -2.13. The van der Waals surface area contributed by atoms with Gasteiger partial charge in [-0.15, -0.1) is 0 Å². The molecule has 1 heterocycles. The van der Waals surface area contributed by atoms with Crippen LogP contribution in [-0.2, 0) is 16.0 Å². The first-order chi connectivity index (χ1) is 10.3. The molecular weight excluding hydrogens is 493 g/mol. The highest BCUT2D eigenvalue weighted by Crippen LogP contribution is 2.39. The number of anilines is 1. The van der Waals surface area contributed by atoms with E-state index in [4.69, 9.17) is 28.9 Å². The van der Waals surface area contributed by atoms with Gasteiger partial charge in [-0.2, -0.15) is 18.3 Å². The molecule has 0 aliphatic heterocycles. The minimum absolute atomic E-state index is 0.0506. The van der Waals surface area contributed by atoms with E-state index in [1.807, 2.05) is 0 Å². The van der Waals surface area contributed by atoms with Gasteiger partial charge in [-0.3, -0.25) is 0 Å². The summed E-state index contributed by atoms with van der Waals surface area (Å²) in [4.78, 5) is -0.245. The molecule has 126 valence electrons. The number of alkyl halides is 3. The fraction of sp³-hybridized carbons (Fsp3) is 0.182. The van der Waals surface area contributed by atoms with Crippen molar-refractivity contribution < 1.29 is 21.6 Å². The molecule has 2 N–H and O–H groups in total. The molecule has 0 atom stereocenters. The maximum Gasteiger partial charge on any atom is 0.416 e. The number of sulfone groups is 1. The van der Waals surface area contributed by atoms with Gasteiger partial charge in [0.15, 0.2) is 9.84 Å². The number of benzene rings is 1. The molecule has 0 aliphatic rings. The average molecular weight is 500 g/mol. The van der Waals surface area contributed by atoms with E-state index in [2.05, 4.69) is 5.10 Å². The van der Waals surface area contributed by atoms with Crippen LogP contribution in [0.4, 0.5) is 19.0 Å².